The van der Waals surface area contributed by atoms with Crippen LogP contribution in [0.4, 0.5) is 5.69 Å². The van der Waals surface area contributed by atoms with Crippen molar-refractivity contribution in [2.75, 3.05) is 31.6 Å². The van der Waals surface area contributed by atoms with Crippen LogP contribution in [0.5, 0.6) is 0 Å². The molecule has 2 rings (SSSR count). The molecule has 1 aromatic rings. The molecule has 0 saturated carbocycles. The number of carbonyl (C=O) groups is 1. The average Bonchev–Trinajstić information content (AvgIpc) is 2.36. The van der Waals surface area contributed by atoms with E-state index in [2.05, 4.69) is 30.9 Å². The lowest BCUT2D eigenvalue weighted by Crippen LogP contribution is -2.58. The van der Waals surface area contributed by atoms with Gasteiger partial charge < -0.3 is 15.5 Å². The maximum Gasteiger partial charge on any atom is 0.246 e. The topological polar surface area (TPSA) is 49.6 Å². The zero-order chi connectivity index (χ0) is 13.3. The number of likely N-dealkylation sites (N-methyl/N-ethyl adjacent to an activating group) is 1. The van der Waals surface area contributed by atoms with Gasteiger partial charge in [0, 0.05) is 32.4 Å². The van der Waals surface area contributed by atoms with E-state index < -0.39 is 0 Å². The summed E-state index contributed by atoms with van der Waals surface area (Å²) in [5.41, 5.74) is 9.39. The van der Waals surface area contributed by atoms with Crippen LogP contribution < -0.4 is 10.6 Å². The van der Waals surface area contributed by atoms with E-state index in [-0.39, 0.29) is 11.9 Å². The molecule has 1 fully saturated rings. The van der Waals surface area contributed by atoms with Crippen molar-refractivity contribution in [3.63, 3.8) is 0 Å². The van der Waals surface area contributed by atoms with Crippen molar-refractivity contribution in [1.82, 2.24) is 4.90 Å². The summed E-state index contributed by atoms with van der Waals surface area (Å²) in [4.78, 5) is 16.0. The molecule has 1 amide bonds. The third-order valence-electron chi connectivity index (χ3n) is 3.82. The summed E-state index contributed by atoms with van der Waals surface area (Å²) in [6.45, 7) is 6.14. The smallest absolute Gasteiger partial charge is 0.246 e. The Morgan fingerprint density at radius 1 is 1.33 bits per heavy atom. The number of piperazine rings is 1. The van der Waals surface area contributed by atoms with E-state index >= 15 is 0 Å². The monoisotopic (exact) mass is 247 g/mol. The maximum atomic E-state index is 12.1. The number of aryl methyl sites for hydroxylation is 1. The number of anilines is 1. The van der Waals surface area contributed by atoms with Gasteiger partial charge in [0.25, 0.3) is 0 Å². The molecule has 1 saturated heterocycles. The fourth-order valence-electron chi connectivity index (χ4n) is 2.47. The molecule has 4 nitrogen and oxygen atoms in total. The molecule has 2 N–H and O–H groups in total. The molecule has 1 aromatic carbocycles. The highest BCUT2D eigenvalue weighted by Gasteiger charge is 2.32. The van der Waals surface area contributed by atoms with Crippen LogP contribution in [0.3, 0.4) is 0 Å². The Morgan fingerprint density at radius 2 is 2.06 bits per heavy atom. The van der Waals surface area contributed by atoms with Gasteiger partial charge in [0.2, 0.25) is 5.91 Å². The van der Waals surface area contributed by atoms with Crippen LogP contribution in [0.25, 0.3) is 0 Å². The van der Waals surface area contributed by atoms with Gasteiger partial charge >= 0.3 is 0 Å². The molecule has 1 aliphatic heterocycles. The molecule has 0 aliphatic carbocycles. The molecule has 1 unspecified atom stereocenters. The zero-order valence-corrected chi connectivity index (χ0v) is 11.3. The summed E-state index contributed by atoms with van der Waals surface area (Å²) in [6, 6.07) is 5.97. The summed E-state index contributed by atoms with van der Waals surface area (Å²) in [7, 11) is 1.84. The molecule has 18 heavy (non-hydrogen) atoms. The minimum atomic E-state index is -0.232. The fourth-order valence-corrected chi connectivity index (χ4v) is 2.47. The maximum absolute atomic E-state index is 12.1. The van der Waals surface area contributed by atoms with E-state index in [1.807, 2.05) is 13.1 Å². The number of amides is 1. The van der Waals surface area contributed by atoms with Gasteiger partial charge in [-0.25, -0.2) is 0 Å². The quantitative estimate of drug-likeness (QED) is 0.845. The predicted octanol–water partition coefficient (Wildman–Crippen LogP) is 0.909. The van der Waals surface area contributed by atoms with Crippen molar-refractivity contribution in [2.45, 2.75) is 19.9 Å². The van der Waals surface area contributed by atoms with Gasteiger partial charge in [0.15, 0.2) is 0 Å². The number of rotatable bonds is 2. The molecular weight excluding hydrogens is 226 g/mol. The molecule has 4 heteroatoms. The second kappa shape index (κ2) is 4.98. The van der Waals surface area contributed by atoms with Crippen molar-refractivity contribution in [3.05, 3.63) is 29.3 Å². The minimum Gasteiger partial charge on any atom is -0.356 e. The molecule has 1 heterocycles. The van der Waals surface area contributed by atoms with Gasteiger partial charge in [-0.05, 0) is 31.0 Å². The first-order chi connectivity index (χ1) is 8.56. The van der Waals surface area contributed by atoms with Crippen LogP contribution in [0.2, 0.25) is 0 Å². The van der Waals surface area contributed by atoms with Gasteiger partial charge in [-0.2, -0.15) is 0 Å². The van der Waals surface area contributed by atoms with Gasteiger partial charge in [-0.15, -0.1) is 0 Å². The molecule has 0 spiro atoms. The summed E-state index contributed by atoms with van der Waals surface area (Å²) < 4.78 is 0. The number of nitrogens with two attached hydrogens (primary N) is 1. The second-order valence-corrected chi connectivity index (χ2v) is 4.92. The van der Waals surface area contributed by atoms with E-state index in [1.165, 1.54) is 11.1 Å². The third kappa shape index (κ3) is 2.08. The van der Waals surface area contributed by atoms with Crippen molar-refractivity contribution in [2.24, 2.45) is 5.73 Å². The summed E-state index contributed by atoms with van der Waals surface area (Å²) in [6.07, 6.45) is 0. The zero-order valence-electron chi connectivity index (χ0n) is 11.3. The highest BCUT2D eigenvalue weighted by molar-refractivity contribution is 5.87. The van der Waals surface area contributed by atoms with Gasteiger partial charge in [0.05, 0.1) is 0 Å². The van der Waals surface area contributed by atoms with Crippen LogP contribution in [-0.4, -0.2) is 43.5 Å². The van der Waals surface area contributed by atoms with Crippen molar-refractivity contribution in [3.8, 4) is 0 Å². The van der Waals surface area contributed by atoms with Crippen LogP contribution in [-0.2, 0) is 4.79 Å². The number of nitrogens with zero attached hydrogens (tertiary/aromatic N) is 2. The Morgan fingerprint density at radius 3 is 2.72 bits per heavy atom. The normalized spacial score (nSPS) is 20.4. The van der Waals surface area contributed by atoms with Crippen molar-refractivity contribution >= 4 is 11.6 Å². The third-order valence-corrected chi connectivity index (χ3v) is 3.82. The van der Waals surface area contributed by atoms with E-state index in [4.69, 9.17) is 5.73 Å². The first-order valence-corrected chi connectivity index (χ1v) is 6.34. The standard InChI is InChI=1S/C14H21N3O/c1-10-5-4-6-12(11(10)2)17-8-7-16(3)14(18)13(17)9-15/h4-6,13H,7-9,15H2,1-3H3. The van der Waals surface area contributed by atoms with Crippen LogP contribution in [0.1, 0.15) is 11.1 Å². The van der Waals surface area contributed by atoms with E-state index in [0.717, 1.165) is 18.8 Å². The van der Waals surface area contributed by atoms with Crippen molar-refractivity contribution < 1.29 is 4.79 Å². The predicted molar refractivity (Wildman–Crippen MR) is 73.7 cm³/mol. The Labute approximate surface area is 108 Å². The highest BCUT2D eigenvalue weighted by atomic mass is 16.2. The lowest BCUT2D eigenvalue weighted by Gasteiger charge is -2.40. The van der Waals surface area contributed by atoms with Crippen molar-refractivity contribution in [1.29, 1.82) is 0 Å². The summed E-state index contributed by atoms with van der Waals surface area (Å²) in [5.74, 6) is 0.115. The molecule has 1 atom stereocenters. The lowest BCUT2D eigenvalue weighted by molar-refractivity contribution is -0.132. The Kier molecular flexibility index (Phi) is 3.57. The van der Waals surface area contributed by atoms with Gasteiger partial charge in [-0.3, -0.25) is 4.79 Å². The summed E-state index contributed by atoms with van der Waals surface area (Å²) in [5, 5.41) is 0. The number of hydrogen-bond acceptors (Lipinski definition) is 3. The Hall–Kier alpha value is -1.55. The SMILES string of the molecule is Cc1cccc(N2CCN(C)C(=O)C2CN)c1C. The molecule has 0 radical (unpaired) electrons. The largest absolute Gasteiger partial charge is 0.356 e. The van der Waals surface area contributed by atoms with E-state index in [1.54, 1.807) is 4.90 Å². The lowest BCUT2D eigenvalue weighted by atomic mass is 10.0. The molecular formula is C14H21N3O. The summed E-state index contributed by atoms with van der Waals surface area (Å²) >= 11 is 0. The molecule has 0 bridgehead atoms. The van der Waals surface area contributed by atoms with Crippen LogP contribution in [0, 0.1) is 13.8 Å². The second-order valence-electron chi connectivity index (χ2n) is 4.92. The average molecular weight is 247 g/mol. The fraction of sp³-hybridized carbons (Fsp3) is 0.500. The Bertz CT molecular complexity index is 458. The number of benzene rings is 1. The van der Waals surface area contributed by atoms with Crippen LogP contribution in [0.15, 0.2) is 18.2 Å². The molecule has 98 valence electrons. The van der Waals surface area contributed by atoms with Crippen LogP contribution >= 0.6 is 0 Å². The van der Waals surface area contributed by atoms with Gasteiger partial charge in [0.1, 0.15) is 6.04 Å². The molecule has 1 aliphatic rings. The number of hydrogen-bond donors (Lipinski definition) is 1. The van der Waals surface area contributed by atoms with E-state index in [9.17, 15) is 4.79 Å². The van der Waals surface area contributed by atoms with E-state index in [0.29, 0.717) is 6.54 Å². The highest BCUT2D eigenvalue weighted by Crippen LogP contribution is 2.26. The number of carbonyl (C=O) groups excluding carboxylic acids is 1. The first-order valence-electron chi connectivity index (χ1n) is 6.34. The first kappa shape index (κ1) is 12.9. The Balaban J connectivity index is 2.37. The minimum absolute atomic E-state index is 0.115. The van der Waals surface area contributed by atoms with Gasteiger partial charge in [-0.1, -0.05) is 12.1 Å². The molecule has 0 aromatic heterocycles.